The van der Waals surface area contributed by atoms with Crippen LogP contribution in [0.2, 0.25) is 0 Å². The van der Waals surface area contributed by atoms with Crippen molar-refractivity contribution in [2.75, 3.05) is 19.6 Å². The minimum absolute atomic E-state index is 0.0962. The van der Waals surface area contributed by atoms with Crippen molar-refractivity contribution in [3.05, 3.63) is 71.3 Å². The van der Waals surface area contributed by atoms with E-state index < -0.39 is 0 Å². The van der Waals surface area contributed by atoms with Crippen molar-refractivity contribution >= 4 is 11.9 Å². The van der Waals surface area contributed by atoms with Crippen molar-refractivity contribution in [2.45, 2.75) is 38.9 Å². The number of benzene rings is 2. The average molecular weight is 395 g/mol. The van der Waals surface area contributed by atoms with Gasteiger partial charge in [0, 0.05) is 44.3 Å². The molecule has 0 radical (unpaired) electrons. The number of nitrogens with one attached hydrogen (secondary N) is 3. The topological polar surface area (TPSA) is 73.5 Å². The van der Waals surface area contributed by atoms with Crippen molar-refractivity contribution in [1.82, 2.24) is 20.9 Å². The van der Waals surface area contributed by atoms with Gasteiger partial charge in [0.1, 0.15) is 0 Å². The quantitative estimate of drug-likeness (QED) is 0.676. The van der Waals surface area contributed by atoms with Crippen LogP contribution in [0.3, 0.4) is 0 Å². The van der Waals surface area contributed by atoms with Crippen LogP contribution in [0.4, 0.5) is 4.79 Å². The molecular formula is C23H30N4O2. The fourth-order valence-electron chi connectivity index (χ4n) is 3.58. The normalized spacial score (nSPS) is 14.9. The number of amides is 3. The van der Waals surface area contributed by atoms with Crippen molar-refractivity contribution < 1.29 is 9.59 Å². The zero-order valence-corrected chi connectivity index (χ0v) is 17.0. The fourth-order valence-corrected chi connectivity index (χ4v) is 3.58. The van der Waals surface area contributed by atoms with Crippen LogP contribution in [0, 0.1) is 0 Å². The van der Waals surface area contributed by atoms with Crippen LogP contribution in [0.5, 0.6) is 0 Å². The SMILES string of the molecule is CCNC(=O)c1cccc(CNC(=O)NC2CCN(Cc3ccccc3)CC2)c1. The van der Waals surface area contributed by atoms with Crippen LogP contribution in [0.25, 0.3) is 0 Å². The standard InChI is InChI=1S/C23H30N4O2/c1-2-24-22(28)20-10-6-9-19(15-20)16-25-23(29)26-21-11-13-27(14-12-21)17-18-7-4-3-5-8-18/h3-10,15,21H,2,11-14,16-17H2,1H3,(H,24,28)(H2,25,26,29). The minimum atomic E-state index is -0.157. The number of carbonyl (C=O) groups excluding carboxylic acids is 2. The van der Waals surface area contributed by atoms with Gasteiger partial charge in [0.05, 0.1) is 0 Å². The Labute approximate surface area is 172 Å². The fraction of sp³-hybridized carbons (Fsp3) is 0.391. The zero-order chi connectivity index (χ0) is 20.5. The molecule has 6 heteroatoms. The Morgan fingerprint density at radius 1 is 0.966 bits per heavy atom. The van der Waals surface area contributed by atoms with Gasteiger partial charge >= 0.3 is 6.03 Å². The van der Waals surface area contributed by atoms with Gasteiger partial charge in [-0.15, -0.1) is 0 Å². The third-order valence-electron chi connectivity index (χ3n) is 5.15. The van der Waals surface area contributed by atoms with Crippen LogP contribution in [0.1, 0.15) is 41.3 Å². The summed E-state index contributed by atoms with van der Waals surface area (Å²) < 4.78 is 0. The van der Waals surface area contributed by atoms with E-state index in [9.17, 15) is 9.59 Å². The number of rotatable bonds is 7. The first-order chi connectivity index (χ1) is 14.1. The monoisotopic (exact) mass is 394 g/mol. The highest BCUT2D eigenvalue weighted by atomic mass is 16.2. The lowest BCUT2D eigenvalue weighted by atomic mass is 10.0. The second kappa shape index (κ2) is 10.6. The number of urea groups is 1. The van der Waals surface area contributed by atoms with Crippen molar-refractivity contribution in [1.29, 1.82) is 0 Å². The van der Waals surface area contributed by atoms with Gasteiger partial charge in [0.25, 0.3) is 5.91 Å². The van der Waals surface area contributed by atoms with Crippen molar-refractivity contribution in [3.63, 3.8) is 0 Å². The smallest absolute Gasteiger partial charge is 0.315 e. The van der Waals surface area contributed by atoms with E-state index in [-0.39, 0.29) is 18.0 Å². The second-order valence-corrected chi connectivity index (χ2v) is 7.42. The van der Waals surface area contributed by atoms with Gasteiger partial charge < -0.3 is 16.0 Å². The molecule has 0 bridgehead atoms. The molecule has 1 heterocycles. The molecule has 3 N–H and O–H groups in total. The maximum atomic E-state index is 12.3. The van der Waals surface area contributed by atoms with Crippen LogP contribution in [0.15, 0.2) is 54.6 Å². The van der Waals surface area contributed by atoms with E-state index in [1.807, 2.05) is 31.2 Å². The van der Waals surface area contributed by atoms with E-state index in [4.69, 9.17) is 0 Å². The molecule has 0 aromatic heterocycles. The molecule has 1 fully saturated rings. The van der Waals surface area contributed by atoms with E-state index >= 15 is 0 Å². The summed E-state index contributed by atoms with van der Waals surface area (Å²) >= 11 is 0. The molecule has 29 heavy (non-hydrogen) atoms. The summed E-state index contributed by atoms with van der Waals surface area (Å²) in [7, 11) is 0. The molecule has 0 spiro atoms. The maximum Gasteiger partial charge on any atom is 0.315 e. The molecule has 2 aromatic carbocycles. The lowest BCUT2D eigenvalue weighted by Gasteiger charge is -2.32. The Hall–Kier alpha value is -2.86. The Balaban J connectivity index is 1.39. The largest absolute Gasteiger partial charge is 0.352 e. The van der Waals surface area contributed by atoms with Gasteiger partial charge in [-0.3, -0.25) is 9.69 Å². The third-order valence-corrected chi connectivity index (χ3v) is 5.15. The van der Waals surface area contributed by atoms with Gasteiger partial charge in [-0.2, -0.15) is 0 Å². The number of nitrogens with zero attached hydrogens (tertiary/aromatic N) is 1. The van der Waals surface area contributed by atoms with Gasteiger partial charge in [-0.05, 0) is 43.0 Å². The Kier molecular flexibility index (Phi) is 7.64. The lowest BCUT2D eigenvalue weighted by molar-refractivity contribution is 0.0955. The summed E-state index contributed by atoms with van der Waals surface area (Å²) in [4.78, 5) is 26.6. The molecule has 0 atom stereocenters. The molecule has 1 aliphatic rings. The highest BCUT2D eigenvalue weighted by molar-refractivity contribution is 5.94. The molecule has 2 aromatic rings. The number of carbonyl (C=O) groups is 2. The summed E-state index contributed by atoms with van der Waals surface area (Å²) in [5, 5.41) is 8.76. The van der Waals surface area contributed by atoms with Crippen molar-refractivity contribution in [3.8, 4) is 0 Å². The van der Waals surface area contributed by atoms with E-state index in [0.717, 1.165) is 38.0 Å². The van der Waals surface area contributed by atoms with E-state index in [0.29, 0.717) is 18.7 Å². The number of hydrogen-bond acceptors (Lipinski definition) is 3. The zero-order valence-electron chi connectivity index (χ0n) is 17.0. The molecule has 3 rings (SSSR count). The predicted molar refractivity (Wildman–Crippen MR) is 115 cm³/mol. The highest BCUT2D eigenvalue weighted by Gasteiger charge is 2.20. The molecule has 1 saturated heterocycles. The molecule has 3 amide bonds. The highest BCUT2D eigenvalue weighted by Crippen LogP contribution is 2.14. The van der Waals surface area contributed by atoms with Gasteiger partial charge in [-0.25, -0.2) is 4.79 Å². The van der Waals surface area contributed by atoms with Crippen LogP contribution < -0.4 is 16.0 Å². The van der Waals surface area contributed by atoms with Gasteiger partial charge in [-0.1, -0.05) is 42.5 Å². The van der Waals surface area contributed by atoms with E-state index in [2.05, 4.69) is 45.1 Å². The molecule has 154 valence electrons. The third kappa shape index (κ3) is 6.61. The summed E-state index contributed by atoms with van der Waals surface area (Å²) in [5.41, 5.74) is 2.84. The number of hydrogen-bond donors (Lipinski definition) is 3. The van der Waals surface area contributed by atoms with Crippen LogP contribution >= 0.6 is 0 Å². The number of likely N-dealkylation sites (tertiary alicyclic amines) is 1. The Morgan fingerprint density at radius 3 is 2.41 bits per heavy atom. The number of piperidine rings is 1. The van der Waals surface area contributed by atoms with Gasteiger partial charge in [0.2, 0.25) is 0 Å². The first-order valence-electron chi connectivity index (χ1n) is 10.3. The Morgan fingerprint density at radius 2 is 1.69 bits per heavy atom. The molecular weight excluding hydrogens is 364 g/mol. The molecule has 0 saturated carbocycles. The van der Waals surface area contributed by atoms with E-state index in [1.54, 1.807) is 6.07 Å². The summed E-state index contributed by atoms with van der Waals surface area (Å²) in [6, 6.07) is 17.8. The maximum absolute atomic E-state index is 12.3. The summed E-state index contributed by atoms with van der Waals surface area (Å²) in [5.74, 6) is -0.0962. The first-order valence-corrected chi connectivity index (χ1v) is 10.3. The lowest BCUT2D eigenvalue weighted by Crippen LogP contribution is -2.47. The second-order valence-electron chi connectivity index (χ2n) is 7.42. The molecule has 0 unspecified atom stereocenters. The van der Waals surface area contributed by atoms with E-state index in [1.165, 1.54) is 5.56 Å². The molecule has 6 nitrogen and oxygen atoms in total. The average Bonchev–Trinajstić information content (AvgIpc) is 2.75. The molecule has 1 aliphatic heterocycles. The Bertz CT molecular complexity index is 802. The van der Waals surface area contributed by atoms with Crippen LogP contribution in [-0.2, 0) is 13.1 Å². The first kappa shape index (κ1) is 20.9. The predicted octanol–water partition coefficient (Wildman–Crippen LogP) is 2.90. The summed E-state index contributed by atoms with van der Waals surface area (Å²) in [6.07, 6.45) is 1.90. The van der Waals surface area contributed by atoms with Gasteiger partial charge in [0.15, 0.2) is 0 Å². The summed E-state index contributed by atoms with van der Waals surface area (Å²) in [6.45, 7) is 5.80. The van der Waals surface area contributed by atoms with Crippen LogP contribution in [-0.4, -0.2) is 42.5 Å². The molecule has 0 aliphatic carbocycles. The minimum Gasteiger partial charge on any atom is -0.352 e. The van der Waals surface area contributed by atoms with Crippen molar-refractivity contribution in [2.24, 2.45) is 0 Å².